The van der Waals surface area contributed by atoms with E-state index in [0.717, 1.165) is 35.0 Å². The second-order valence-corrected chi connectivity index (χ2v) is 10.0. The SMILES string of the molecule is CC(C)[C@H]1C(=O)N[C@H](CO)Cc2c[nH]c3c(C(=O)CCCO)ccc(c23)N1CCCc1ccccc1. The predicted octanol–water partition coefficient (Wildman–Crippen LogP) is 3.62. The number of anilines is 1. The molecule has 1 aliphatic heterocycles. The summed E-state index contributed by atoms with van der Waals surface area (Å²) in [7, 11) is 0. The lowest BCUT2D eigenvalue weighted by molar-refractivity contribution is -0.124. The van der Waals surface area contributed by atoms with Crippen LogP contribution < -0.4 is 10.2 Å². The minimum absolute atomic E-state index is 0.0205. The van der Waals surface area contributed by atoms with E-state index in [1.54, 1.807) is 0 Å². The van der Waals surface area contributed by atoms with Crippen LogP contribution in [-0.2, 0) is 17.6 Å². The van der Waals surface area contributed by atoms with Crippen molar-refractivity contribution in [1.82, 2.24) is 10.3 Å². The maximum atomic E-state index is 13.5. The number of aliphatic hydroxyl groups is 2. The lowest BCUT2D eigenvalue weighted by atomic mass is 9.96. The van der Waals surface area contributed by atoms with Crippen LogP contribution in [0.4, 0.5) is 5.69 Å². The molecule has 4 N–H and O–H groups in total. The average Bonchev–Trinajstić information content (AvgIpc) is 3.30. The van der Waals surface area contributed by atoms with Crippen LogP contribution in [-0.4, -0.2) is 58.7 Å². The van der Waals surface area contributed by atoms with Gasteiger partial charge in [-0.05, 0) is 54.9 Å². The summed E-state index contributed by atoms with van der Waals surface area (Å²) in [6.07, 6.45) is 4.80. The van der Waals surface area contributed by atoms with Gasteiger partial charge in [0.15, 0.2) is 5.78 Å². The fourth-order valence-corrected chi connectivity index (χ4v) is 5.33. The maximum Gasteiger partial charge on any atom is 0.243 e. The number of carbonyl (C=O) groups excluding carboxylic acids is 2. The third kappa shape index (κ3) is 5.47. The van der Waals surface area contributed by atoms with E-state index in [1.807, 2.05) is 50.4 Å². The van der Waals surface area contributed by atoms with Crippen LogP contribution in [0.1, 0.15) is 54.6 Å². The zero-order valence-corrected chi connectivity index (χ0v) is 21.2. The molecule has 0 aliphatic carbocycles. The minimum Gasteiger partial charge on any atom is -0.396 e. The predicted molar refractivity (Wildman–Crippen MR) is 142 cm³/mol. The third-order valence-electron chi connectivity index (χ3n) is 7.04. The molecule has 4 rings (SSSR count). The van der Waals surface area contributed by atoms with Crippen molar-refractivity contribution in [3.8, 4) is 0 Å². The van der Waals surface area contributed by atoms with Crippen LogP contribution in [0.5, 0.6) is 0 Å². The highest BCUT2D eigenvalue weighted by molar-refractivity contribution is 6.11. The van der Waals surface area contributed by atoms with Gasteiger partial charge in [-0.1, -0.05) is 44.2 Å². The van der Waals surface area contributed by atoms with Crippen LogP contribution >= 0.6 is 0 Å². The van der Waals surface area contributed by atoms with Gasteiger partial charge in [0.1, 0.15) is 6.04 Å². The van der Waals surface area contributed by atoms with Gasteiger partial charge in [-0.15, -0.1) is 0 Å². The Kier molecular flexibility index (Phi) is 8.44. The van der Waals surface area contributed by atoms with Crippen LogP contribution in [0.2, 0.25) is 0 Å². The van der Waals surface area contributed by atoms with E-state index < -0.39 is 12.1 Å². The number of nitrogens with zero attached hydrogens (tertiary/aromatic N) is 1. The van der Waals surface area contributed by atoms with Crippen molar-refractivity contribution in [3.05, 3.63) is 65.4 Å². The number of nitrogens with one attached hydrogen (secondary N) is 2. The molecule has 2 heterocycles. The van der Waals surface area contributed by atoms with Crippen molar-refractivity contribution in [3.63, 3.8) is 0 Å². The van der Waals surface area contributed by atoms with Crippen molar-refractivity contribution in [1.29, 1.82) is 0 Å². The first-order chi connectivity index (χ1) is 17.4. The Morgan fingerprint density at radius 2 is 1.89 bits per heavy atom. The first kappa shape index (κ1) is 25.9. The van der Waals surface area contributed by atoms with Crippen molar-refractivity contribution in [2.75, 3.05) is 24.7 Å². The molecule has 0 radical (unpaired) electrons. The number of aromatic amines is 1. The van der Waals surface area contributed by atoms with Gasteiger partial charge < -0.3 is 25.4 Å². The maximum absolute atomic E-state index is 13.5. The molecule has 0 fully saturated rings. The number of amides is 1. The van der Waals surface area contributed by atoms with Gasteiger partial charge in [0, 0.05) is 42.4 Å². The zero-order valence-electron chi connectivity index (χ0n) is 21.2. The number of aryl methyl sites for hydroxylation is 1. The summed E-state index contributed by atoms with van der Waals surface area (Å²) in [5.41, 5.74) is 4.50. The Hall–Kier alpha value is -3.16. The number of aromatic nitrogens is 1. The van der Waals surface area contributed by atoms with E-state index in [1.165, 1.54) is 5.56 Å². The van der Waals surface area contributed by atoms with Crippen LogP contribution in [0.25, 0.3) is 10.9 Å². The molecule has 7 heteroatoms. The number of benzene rings is 2. The molecule has 36 heavy (non-hydrogen) atoms. The highest BCUT2D eigenvalue weighted by Gasteiger charge is 2.34. The molecule has 0 saturated carbocycles. The highest BCUT2D eigenvalue weighted by atomic mass is 16.3. The number of H-pyrrole nitrogens is 1. The largest absolute Gasteiger partial charge is 0.396 e. The topological polar surface area (TPSA) is 106 Å². The van der Waals surface area contributed by atoms with E-state index >= 15 is 0 Å². The van der Waals surface area contributed by atoms with Gasteiger partial charge in [0.2, 0.25) is 5.91 Å². The summed E-state index contributed by atoms with van der Waals surface area (Å²) >= 11 is 0. The van der Waals surface area contributed by atoms with Gasteiger partial charge in [-0.2, -0.15) is 0 Å². The quantitative estimate of drug-likeness (QED) is 0.324. The van der Waals surface area contributed by atoms with E-state index in [-0.39, 0.29) is 37.2 Å². The van der Waals surface area contributed by atoms with Crippen molar-refractivity contribution < 1.29 is 19.8 Å². The number of Topliss-reactive ketones (excluding diaryl/α,β-unsaturated/α-hetero) is 1. The standard InChI is InChI=1S/C29H37N3O4/c1-19(2)28-29(36)31-22(18-34)16-21-17-30-27-23(25(35)11-7-15-33)12-13-24(26(21)27)32(28)14-6-10-20-8-4-3-5-9-20/h3-5,8-9,12-13,17,19,22,28,30,33-34H,6-7,10-11,14-16,18H2,1-2H3,(H,31,36)/t22-,28-/m0/s1. The molecule has 192 valence electrons. The molecular formula is C29H37N3O4. The molecule has 0 unspecified atom stereocenters. The summed E-state index contributed by atoms with van der Waals surface area (Å²) in [5, 5.41) is 23.3. The molecule has 2 aromatic carbocycles. The Morgan fingerprint density at radius 3 is 2.58 bits per heavy atom. The zero-order chi connectivity index (χ0) is 25.7. The first-order valence-corrected chi connectivity index (χ1v) is 12.9. The number of hydrogen-bond acceptors (Lipinski definition) is 5. The molecular weight excluding hydrogens is 454 g/mol. The highest BCUT2D eigenvalue weighted by Crippen LogP contribution is 2.36. The smallest absolute Gasteiger partial charge is 0.243 e. The monoisotopic (exact) mass is 491 g/mol. The summed E-state index contributed by atoms with van der Waals surface area (Å²) in [4.78, 5) is 32.0. The number of hydrogen-bond donors (Lipinski definition) is 4. The Bertz CT molecular complexity index is 1190. The second-order valence-electron chi connectivity index (χ2n) is 10.0. The molecule has 0 spiro atoms. The average molecular weight is 492 g/mol. The summed E-state index contributed by atoms with van der Waals surface area (Å²) < 4.78 is 0. The molecule has 7 nitrogen and oxygen atoms in total. The van der Waals surface area contributed by atoms with Crippen molar-refractivity contribution >= 4 is 28.3 Å². The summed E-state index contributed by atoms with van der Waals surface area (Å²) in [5.74, 6) is -0.0792. The van der Waals surface area contributed by atoms with Crippen LogP contribution in [0.3, 0.4) is 0 Å². The van der Waals surface area contributed by atoms with Gasteiger partial charge in [0.05, 0.1) is 18.2 Å². The lowest BCUT2D eigenvalue weighted by Gasteiger charge is -2.36. The van der Waals surface area contributed by atoms with Crippen molar-refractivity contribution in [2.24, 2.45) is 5.92 Å². The van der Waals surface area contributed by atoms with Gasteiger partial charge in [0.25, 0.3) is 0 Å². The number of aliphatic hydroxyl groups excluding tert-OH is 2. The van der Waals surface area contributed by atoms with Gasteiger partial charge in [-0.3, -0.25) is 9.59 Å². The van der Waals surface area contributed by atoms with E-state index in [9.17, 15) is 19.8 Å². The van der Waals surface area contributed by atoms with E-state index in [0.29, 0.717) is 24.9 Å². The summed E-state index contributed by atoms with van der Waals surface area (Å²) in [6.45, 7) is 4.57. The van der Waals surface area contributed by atoms with Gasteiger partial charge >= 0.3 is 0 Å². The molecule has 2 atom stereocenters. The van der Waals surface area contributed by atoms with E-state index in [4.69, 9.17) is 0 Å². The minimum atomic E-state index is -0.421. The van der Waals surface area contributed by atoms with Gasteiger partial charge in [-0.25, -0.2) is 0 Å². The molecule has 1 aliphatic rings. The van der Waals surface area contributed by atoms with Crippen LogP contribution in [0, 0.1) is 5.92 Å². The first-order valence-electron chi connectivity index (χ1n) is 12.9. The fraction of sp³-hybridized carbons (Fsp3) is 0.448. The summed E-state index contributed by atoms with van der Waals surface area (Å²) in [6, 6.07) is 13.3. The van der Waals surface area contributed by atoms with Crippen molar-refractivity contribution in [2.45, 2.75) is 58.0 Å². The Morgan fingerprint density at radius 1 is 1.11 bits per heavy atom. The number of ketones is 1. The molecule has 1 aromatic heterocycles. The number of rotatable bonds is 10. The third-order valence-corrected chi connectivity index (χ3v) is 7.04. The lowest BCUT2D eigenvalue weighted by Crippen LogP contribution is -2.53. The fourth-order valence-electron chi connectivity index (χ4n) is 5.33. The van der Waals surface area contributed by atoms with Crippen LogP contribution in [0.15, 0.2) is 48.7 Å². The Balaban J connectivity index is 1.80. The number of carbonyl (C=O) groups is 2. The second kappa shape index (κ2) is 11.7. The molecule has 0 saturated heterocycles. The van der Waals surface area contributed by atoms with E-state index in [2.05, 4.69) is 27.3 Å². The molecule has 0 bridgehead atoms. The normalized spacial score (nSPS) is 18.1. The molecule has 1 amide bonds. The molecule has 3 aromatic rings. The Labute approximate surface area is 212 Å².